The topological polar surface area (TPSA) is 37.4 Å². The van der Waals surface area contributed by atoms with E-state index in [1.54, 1.807) is 4.90 Å². The van der Waals surface area contributed by atoms with Crippen LogP contribution in [-0.4, -0.2) is 29.7 Å². The minimum Gasteiger partial charge on any atom is -0.335 e. The smallest absolute Gasteiger partial charge is 0.230 e. The fourth-order valence-corrected chi connectivity index (χ4v) is 1.24. The van der Waals surface area contributed by atoms with E-state index in [1.807, 2.05) is 19.1 Å². The van der Waals surface area contributed by atoms with Crippen molar-refractivity contribution in [2.45, 2.75) is 19.8 Å². The summed E-state index contributed by atoms with van der Waals surface area (Å²) in [6.07, 6.45) is 4.89. The highest BCUT2D eigenvalue weighted by Gasteiger charge is 2.26. The molecule has 0 atom stereocenters. The summed E-state index contributed by atoms with van der Waals surface area (Å²) in [5.41, 5.74) is 0. The molecule has 0 radical (unpaired) electrons. The van der Waals surface area contributed by atoms with Gasteiger partial charge in [0, 0.05) is 6.54 Å². The zero-order valence-corrected chi connectivity index (χ0v) is 7.25. The average Bonchev–Trinajstić information content (AvgIpc) is 2.31. The fourth-order valence-electron chi connectivity index (χ4n) is 1.24. The van der Waals surface area contributed by atoms with Crippen LogP contribution >= 0.6 is 0 Å². The van der Waals surface area contributed by atoms with E-state index < -0.39 is 0 Å². The minimum absolute atomic E-state index is 0.0236. The van der Waals surface area contributed by atoms with Gasteiger partial charge in [0.15, 0.2) is 5.78 Å². The number of allylic oxidation sites excluding steroid dienone is 1. The number of carbonyl (C=O) groups excluding carboxylic acids is 2. The first-order chi connectivity index (χ1) is 5.74. The number of nitrogens with zero attached hydrogens (tertiary/aromatic N) is 1. The predicted molar refractivity (Wildman–Crippen MR) is 45.6 cm³/mol. The van der Waals surface area contributed by atoms with Crippen molar-refractivity contribution >= 4 is 11.7 Å². The molecule has 0 N–H and O–H groups in total. The quantitative estimate of drug-likeness (QED) is 0.459. The molecule has 0 aromatic rings. The van der Waals surface area contributed by atoms with Crippen LogP contribution in [0.4, 0.5) is 0 Å². The van der Waals surface area contributed by atoms with Crippen molar-refractivity contribution in [2.75, 3.05) is 13.1 Å². The van der Waals surface area contributed by atoms with Crippen LogP contribution in [0.5, 0.6) is 0 Å². The molecule has 3 heteroatoms. The molecular weight excluding hydrogens is 154 g/mol. The molecule has 1 aliphatic rings. The summed E-state index contributed by atoms with van der Waals surface area (Å²) in [5.74, 6) is 0.0185. The first kappa shape index (κ1) is 8.97. The molecular formula is C9H13NO2. The maximum atomic E-state index is 11.1. The summed E-state index contributed by atoms with van der Waals surface area (Å²) in [6, 6.07) is 0. The van der Waals surface area contributed by atoms with Crippen molar-refractivity contribution in [1.29, 1.82) is 0 Å². The number of hydrogen-bond donors (Lipinski definition) is 0. The molecule has 12 heavy (non-hydrogen) atoms. The van der Waals surface area contributed by atoms with Gasteiger partial charge < -0.3 is 4.90 Å². The third-order valence-electron chi connectivity index (χ3n) is 1.87. The van der Waals surface area contributed by atoms with Gasteiger partial charge in [-0.05, 0) is 13.3 Å². The van der Waals surface area contributed by atoms with Crippen LogP contribution in [0.2, 0.25) is 0 Å². The van der Waals surface area contributed by atoms with Gasteiger partial charge in [-0.25, -0.2) is 0 Å². The van der Waals surface area contributed by atoms with E-state index in [0.717, 1.165) is 6.42 Å². The lowest BCUT2D eigenvalue weighted by atomic mass is 10.3. The van der Waals surface area contributed by atoms with E-state index in [0.29, 0.717) is 13.1 Å². The van der Waals surface area contributed by atoms with Crippen molar-refractivity contribution in [2.24, 2.45) is 0 Å². The summed E-state index contributed by atoms with van der Waals surface area (Å²) in [6.45, 7) is 2.93. The summed E-state index contributed by atoms with van der Waals surface area (Å²) in [5, 5.41) is 0. The van der Waals surface area contributed by atoms with Gasteiger partial charge >= 0.3 is 0 Å². The van der Waals surface area contributed by atoms with Gasteiger partial charge in [0.25, 0.3) is 0 Å². The third kappa shape index (κ3) is 2.19. The number of carbonyl (C=O) groups is 2. The normalized spacial score (nSPS) is 18.2. The molecule has 3 nitrogen and oxygen atoms in total. The molecule has 0 spiro atoms. The Balaban J connectivity index is 2.33. The lowest BCUT2D eigenvalue weighted by molar-refractivity contribution is -0.127. The predicted octanol–water partition coefficient (Wildman–Crippen LogP) is 0.754. The number of Topliss-reactive ketones (excluding diaryl/α,β-unsaturated/α-hetero) is 1. The second-order valence-electron chi connectivity index (χ2n) is 2.89. The monoisotopic (exact) mass is 167 g/mol. The van der Waals surface area contributed by atoms with E-state index in [2.05, 4.69) is 0 Å². The zero-order valence-electron chi connectivity index (χ0n) is 7.25. The van der Waals surface area contributed by atoms with Crippen LogP contribution < -0.4 is 0 Å². The summed E-state index contributed by atoms with van der Waals surface area (Å²) in [4.78, 5) is 23.5. The van der Waals surface area contributed by atoms with E-state index in [-0.39, 0.29) is 18.1 Å². The molecule has 0 aromatic heterocycles. The van der Waals surface area contributed by atoms with Gasteiger partial charge in [-0.1, -0.05) is 12.2 Å². The molecule has 0 unspecified atom stereocenters. The Bertz CT molecular complexity index is 221. The van der Waals surface area contributed by atoms with Crippen molar-refractivity contribution < 1.29 is 9.59 Å². The largest absolute Gasteiger partial charge is 0.335 e. The Hall–Kier alpha value is -1.12. The maximum absolute atomic E-state index is 11.1. The van der Waals surface area contributed by atoms with E-state index in [4.69, 9.17) is 0 Å². The second kappa shape index (κ2) is 4.04. The van der Waals surface area contributed by atoms with Crippen molar-refractivity contribution in [3.8, 4) is 0 Å². The first-order valence-electron chi connectivity index (χ1n) is 4.14. The van der Waals surface area contributed by atoms with E-state index in [1.165, 1.54) is 0 Å². The molecule has 1 rings (SSSR count). The van der Waals surface area contributed by atoms with E-state index >= 15 is 0 Å². The first-order valence-corrected chi connectivity index (χ1v) is 4.14. The molecule has 0 saturated carbocycles. The molecule has 0 aromatic carbocycles. The molecule has 1 heterocycles. The van der Waals surface area contributed by atoms with Gasteiger partial charge in [0.1, 0.15) is 0 Å². The Labute approximate surface area is 72.0 Å². The molecule has 1 fully saturated rings. The standard InChI is InChI=1S/C9H13NO2/c1-2-3-4-5-10-7-8(11)6-9(10)12/h2-3H,4-7H2,1H3/b3-2+. The van der Waals surface area contributed by atoms with Crippen LogP contribution in [0, 0.1) is 0 Å². The highest BCUT2D eigenvalue weighted by atomic mass is 16.2. The number of likely N-dealkylation sites (tertiary alicyclic amines) is 1. The van der Waals surface area contributed by atoms with Crippen LogP contribution in [0.3, 0.4) is 0 Å². The van der Waals surface area contributed by atoms with Crippen LogP contribution in [0.1, 0.15) is 19.8 Å². The summed E-state index contributed by atoms with van der Waals surface area (Å²) >= 11 is 0. The fraction of sp³-hybridized carbons (Fsp3) is 0.556. The summed E-state index contributed by atoms with van der Waals surface area (Å²) < 4.78 is 0. The van der Waals surface area contributed by atoms with Gasteiger partial charge in [0.05, 0.1) is 13.0 Å². The van der Waals surface area contributed by atoms with Gasteiger partial charge in [-0.15, -0.1) is 0 Å². The number of ketones is 1. The minimum atomic E-state index is -0.0236. The lowest BCUT2D eigenvalue weighted by Crippen LogP contribution is -2.25. The van der Waals surface area contributed by atoms with Crippen LogP contribution in [0.15, 0.2) is 12.2 Å². The summed E-state index contributed by atoms with van der Waals surface area (Å²) in [7, 11) is 0. The number of amides is 1. The third-order valence-corrected chi connectivity index (χ3v) is 1.87. The average molecular weight is 167 g/mol. The van der Waals surface area contributed by atoms with Gasteiger partial charge in [-0.2, -0.15) is 0 Å². The van der Waals surface area contributed by atoms with Crippen LogP contribution in [0.25, 0.3) is 0 Å². The SMILES string of the molecule is C/C=C/CCN1CC(=O)CC1=O. The molecule has 1 aliphatic heterocycles. The van der Waals surface area contributed by atoms with Crippen LogP contribution in [-0.2, 0) is 9.59 Å². The van der Waals surface area contributed by atoms with Crippen molar-refractivity contribution in [3.63, 3.8) is 0 Å². The second-order valence-corrected chi connectivity index (χ2v) is 2.89. The van der Waals surface area contributed by atoms with Gasteiger partial charge in [-0.3, -0.25) is 9.59 Å². The Morgan fingerprint density at radius 1 is 1.50 bits per heavy atom. The highest BCUT2D eigenvalue weighted by molar-refractivity contribution is 6.05. The number of hydrogen-bond acceptors (Lipinski definition) is 2. The molecule has 66 valence electrons. The molecule has 0 aliphatic carbocycles. The zero-order chi connectivity index (χ0) is 8.97. The molecule has 0 bridgehead atoms. The Morgan fingerprint density at radius 3 is 2.75 bits per heavy atom. The van der Waals surface area contributed by atoms with Crippen molar-refractivity contribution in [1.82, 2.24) is 4.90 Å². The van der Waals surface area contributed by atoms with Crippen molar-refractivity contribution in [3.05, 3.63) is 12.2 Å². The Morgan fingerprint density at radius 2 is 2.25 bits per heavy atom. The maximum Gasteiger partial charge on any atom is 0.230 e. The Kier molecular flexibility index (Phi) is 3.02. The highest BCUT2D eigenvalue weighted by Crippen LogP contribution is 2.06. The molecule has 1 amide bonds. The van der Waals surface area contributed by atoms with E-state index in [9.17, 15) is 9.59 Å². The van der Waals surface area contributed by atoms with Gasteiger partial charge in [0.2, 0.25) is 5.91 Å². The number of rotatable bonds is 3. The molecule has 1 saturated heterocycles. The lowest BCUT2D eigenvalue weighted by Gasteiger charge is -2.11.